The first-order valence-electron chi connectivity index (χ1n) is 10.5. The molecule has 33 heavy (non-hydrogen) atoms. The molecule has 8 nitrogen and oxygen atoms in total. The summed E-state index contributed by atoms with van der Waals surface area (Å²) in [4.78, 5) is 13.8. The predicted molar refractivity (Wildman–Crippen MR) is 131 cm³/mol. The third-order valence-electron chi connectivity index (χ3n) is 5.37. The van der Waals surface area contributed by atoms with Crippen molar-refractivity contribution in [1.29, 1.82) is 0 Å². The predicted octanol–water partition coefficient (Wildman–Crippen LogP) is 5.63. The van der Waals surface area contributed by atoms with E-state index in [0.29, 0.717) is 17.3 Å². The van der Waals surface area contributed by atoms with E-state index in [1.54, 1.807) is 38.6 Å². The molecule has 3 N–H and O–H groups in total. The molecule has 0 bridgehead atoms. The van der Waals surface area contributed by atoms with Gasteiger partial charge in [0.25, 0.3) is 5.91 Å². The summed E-state index contributed by atoms with van der Waals surface area (Å²) in [6, 6.07) is 13.0. The number of aromatic nitrogens is 2. The third kappa shape index (κ3) is 4.63. The summed E-state index contributed by atoms with van der Waals surface area (Å²) in [7, 11) is 3.28. The van der Waals surface area contributed by atoms with Gasteiger partial charge in [0.2, 0.25) is 0 Å². The monoisotopic (exact) mass is 465 g/mol. The van der Waals surface area contributed by atoms with E-state index in [1.165, 1.54) is 4.90 Å². The number of carbonyl (C=O) groups excluding carboxylic acids is 1. The molecule has 0 saturated heterocycles. The summed E-state index contributed by atoms with van der Waals surface area (Å²) in [5.74, 6) is 0.626. The maximum atomic E-state index is 12.4. The number of hydrogen-bond acceptors (Lipinski definition) is 8. The summed E-state index contributed by atoms with van der Waals surface area (Å²) in [6.45, 7) is 6.46. The summed E-state index contributed by atoms with van der Waals surface area (Å²) in [5, 5.41) is 18.4. The zero-order valence-electron chi connectivity index (χ0n) is 19.2. The Hall–Kier alpha value is -3.59. The molecule has 2 aromatic carbocycles. The van der Waals surface area contributed by atoms with Crippen LogP contribution in [0.25, 0.3) is 11.0 Å². The summed E-state index contributed by atoms with van der Waals surface area (Å²) < 4.78 is 14.3. The molecule has 2 aromatic heterocycles. The lowest BCUT2D eigenvalue weighted by molar-refractivity contribution is 0.0824. The number of nitrogens with one attached hydrogen (secondary N) is 2. The number of rotatable bonds is 6. The number of benzene rings is 2. The first-order valence-corrected chi connectivity index (χ1v) is 11.2. The molecular formula is C24H27N5O3S. The van der Waals surface area contributed by atoms with Crippen LogP contribution in [0.5, 0.6) is 5.75 Å². The van der Waals surface area contributed by atoms with Gasteiger partial charge in [0.05, 0.1) is 35.3 Å². The smallest absolute Gasteiger partial charge is 0.257 e. The second-order valence-corrected chi connectivity index (χ2v) is 9.68. The molecule has 1 atom stereocenters. The number of phenols is 1. The lowest BCUT2D eigenvalue weighted by atomic mass is 9.82. The number of phenolic OH excluding ortho intramolecular Hbond substituents is 1. The molecule has 172 valence electrons. The molecule has 0 radical (unpaired) electrons. The molecule has 0 spiro atoms. The minimum absolute atomic E-state index is 0.0727. The van der Waals surface area contributed by atoms with Crippen LogP contribution < -0.4 is 10.6 Å². The van der Waals surface area contributed by atoms with Crippen molar-refractivity contribution < 1.29 is 14.3 Å². The fourth-order valence-electron chi connectivity index (χ4n) is 3.65. The largest absolute Gasteiger partial charge is 0.505 e. The molecule has 0 aliphatic heterocycles. The fraction of sp³-hybridized carbons (Fsp3) is 0.292. The summed E-state index contributed by atoms with van der Waals surface area (Å²) in [5.41, 5.74) is 2.39. The standard InChI is InChI=1S/C24H27N5O3S/c1-24(2,3)20(15-9-10-18-14(13-15)11-12-32-18)26-22-21(27-33-28-22)25-17-8-6-7-16(19(17)30)23(31)29(4)5/h6-13,20,30H,1-5H3,(H,25,27)(H,26,28). The van der Waals surface area contributed by atoms with E-state index in [4.69, 9.17) is 4.42 Å². The Bertz CT molecular complexity index is 1290. The number of anilines is 3. The van der Waals surface area contributed by atoms with E-state index in [0.717, 1.165) is 28.3 Å². The molecule has 9 heteroatoms. The van der Waals surface area contributed by atoms with Crippen molar-refractivity contribution in [1.82, 2.24) is 13.6 Å². The Labute approximate surface area is 196 Å². The molecule has 2 heterocycles. The van der Waals surface area contributed by atoms with Crippen LogP contribution in [0.1, 0.15) is 42.7 Å². The molecule has 4 rings (SSSR count). The topological polar surface area (TPSA) is 104 Å². The Morgan fingerprint density at radius 3 is 2.61 bits per heavy atom. The highest BCUT2D eigenvalue weighted by atomic mass is 32.1. The minimum Gasteiger partial charge on any atom is -0.505 e. The maximum Gasteiger partial charge on any atom is 0.257 e. The van der Waals surface area contributed by atoms with Crippen molar-refractivity contribution in [2.24, 2.45) is 5.41 Å². The highest BCUT2D eigenvalue weighted by molar-refractivity contribution is 6.99. The fourth-order valence-corrected chi connectivity index (χ4v) is 4.13. The Balaban J connectivity index is 1.64. The van der Waals surface area contributed by atoms with Crippen LogP contribution in [0.15, 0.2) is 53.1 Å². The summed E-state index contributed by atoms with van der Waals surface area (Å²) >= 11 is 1.06. The first-order chi connectivity index (χ1) is 15.6. The van der Waals surface area contributed by atoms with Gasteiger partial charge in [-0.2, -0.15) is 8.75 Å². The van der Waals surface area contributed by atoms with Gasteiger partial charge in [0.1, 0.15) is 5.58 Å². The summed E-state index contributed by atoms with van der Waals surface area (Å²) in [6.07, 6.45) is 1.68. The lowest BCUT2D eigenvalue weighted by Gasteiger charge is -2.32. The number of para-hydroxylation sites is 1. The second-order valence-electron chi connectivity index (χ2n) is 9.15. The third-order valence-corrected chi connectivity index (χ3v) is 5.90. The van der Waals surface area contributed by atoms with Crippen molar-refractivity contribution in [3.05, 3.63) is 59.9 Å². The Morgan fingerprint density at radius 2 is 1.88 bits per heavy atom. The number of hydrogen-bond donors (Lipinski definition) is 3. The molecule has 4 aromatic rings. The van der Waals surface area contributed by atoms with Crippen LogP contribution in [-0.4, -0.2) is 38.8 Å². The normalized spacial score (nSPS) is 12.5. The quantitative estimate of drug-likeness (QED) is 0.317. The molecule has 0 aliphatic carbocycles. The molecule has 0 aliphatic rings. The van der Waals surface area contributed by atoms with Gasteiger partial charge in [0.15, 0.2) is 17.4 Å². The zero-order chi connectivity index (χ0) is 23.8. The van der Waals surface area contributed by atoms with Crippen molar-refractivity contribution in [3.8, 4) is 5.75 Å². The lowest BCUT2D eigenvalue weighted by Crippen LogP contribution is -2.26. The number of carbonyl (C=O) groups is 1. The van der Waals surface area contributed by atoms with Gasteiger partial charge in [-0.1, -0.05) is 32.9 Å². The van der Waals surface area contributed by atoms with Crippen LogP contribution in [0.2, 0.25) is 0 Å². The van der Waals surface area contributed by atoms with Crippen LogP contribution >= 0.6 is 11.7 Å². The van der Waals surface area contributed by atoms with Crippen molar-refractivity contribution in [2.45, 2.75) is 26.8 Å². The van der Waals surface area contributed by atoms with Crippen molar-refractivity contribution in [3.63, 3.8) is 0 Å². The van der Waals surface area contributed by atoms with E-state index in [-0.39, 0.29) is 28.7 Å². The van der Waals surface area contributed by atoms with E-state index in [9.17, 15) is 9.90 Å². The number of nitrogens with zero attached hydrogens (tertiary/aromatic N) is 3. The van der Waals surface area contributed by atoms with Gasteiger partial charge in [-0.3, -0.25) is 4.79 Å². The molecule has 0 saturated carbocycles. The number of aromatic hydroxyl groups is 1. The number of furan rings is 1. The van der Waals surface area contributed by atoms with Crippen LogP contribution in [0.3, 0.4) is 0 Å². The Kier molecular flexibility index (Phi) is 5.99. The highest BCUT2D eigenvalue weighted by Crippen LogP contribution is 2.39. The zero-order valence-corrected chi connectivity index (χ0v) is 20.0. The average molecular weight is 466 g/mol. The number of fused-ring (bicyclic) bond motifs is 1. The molecule has 1 amide bonds. The van der Waals surface area contributed by atoms with E-state index in [1.807, 2.05) is 18.2 Å². The van der Waals surface area contributed by atoms with Gasteiger partial charge in [-0.05, 0) is 41.3 Å². The van der Waals surface area contributed by atoms with E-state index in [2.05, 4.69) is 46.2 Å². The van der Waals surface area contributed by atoms with Gasteiger partial charge in [-0.15, -0.1) is 0 Å². The molecular weight excluding hydrogens is 438 g/mol. The SMILES string of the molecule is CN(C)C(=O)c1cccc(Nc2nsnc2NC(c2ccc3occc3c2)C(C)(C)C)c1O. The molecule has 1 unspecified atom stereocenters. The van der Waals surface area contributed by atoms with Crippen LogP contribution in [0.4, 0.5) is 17.3 Å². The van der Waals surface area contributed by atoms with Crippen molar-refractivity contribution in [2.75, 3.05) is 24.7 Å². The van der Waals surface area contributed by atoms with Gasteiger partial charge >= 0.3 is 0 Å². The Morgan fingerprint density at radius 1 is 1.12 bits per heavy atom. The van der Waals surface area contributed by atoms with E-state index >= 15 is 0 Å². The van der Waals surface area contributed by atoms with E-state index < -0.39 is 0 Å². The van der Waals surface area contributed by atoms with Gasteiger partial charge in [-0.25, -0.2) is 0 Å². The second kappa shape index (κ2) is 8.74. The van der Waals surface area contributed by atoms with Crippen molar-refractivity contribution >= 4 is 45.9 Å². The van der Waals surface area contributed by atoms with Crippen LogP contribution in [-0.2, 0) is 0 Å². The maximum absolute atomic E-state index is 12.4. The average Bonchev–Trinajstić information content (AvgIpc) is 3.40. The molecule has 0 fully saturated rings. The van der Waals surface area contributed by atoms with Gasteiger partial charge < -0.3 is 25.1 Å². The van der Waals surface area contributed by atoms with Gasteiger partial charge in [0, 0.05) is 19.5 Å². The highest BCUT2D eigenvalue weighted by Gasteiger charge is 2.29. The first kappa shape index (κ1) is 22.6. The number of amides is 1. The van der Waals surface area contributed by atoms with Crippen LogP contribution in [0, 0.1) is 5.41 Å². The minimum atomic E-state index is -0.284.